The highest BCUT2D eigenvalue weighted by Gasteiger charge is 2.36. The quantitative estimate of drug-likeness (QED) is 0.338. The minimum absolute atomic E-state index is 0.0486. The van der Waals surface area contributed by atoms with E-state index in [0.717, 1.165) is 47.3 Å². The Morgan fingerprint density at radius 3 is 2.20 bits per heavy atom. The molecule has 0 aromatic rings. The molecule has 0 aromatic carbocycles. The van der Waals surface area contributed by atoms with Crippen LogP contribution in [0.15, 0.2) is 23.0 Å². The fourth-order valence-corrected chi connectivity index (χ4v) is 3.60. The average molecular weight is 296 g/mol. The van der Waals surface area contributed by atoms with Crippen LogP contribution in [0.5, 0.6) is 0 Å². The van der Waals surface area contributed by atoms with E-state index in [1.54, 1.807) is 0 Å². The van der Waals surface area contributed by atoms with Crippen LogP contribution in [0, 0.1) is 5.92 Å². The lowest BCUT2D eigenvalue weighted by molar-refractivity contribution is 0.306. The molecule has 2 saturated carbocycles. The van der Waals surface area contributed by atoms with E-state index in [1.165, 1.54) is 25.7 Å². The smallest absolute Gasteiger partial charge is 0.0634 e. The SMILES string of the molecule is C=CC1([SiH3])C(=NO)CCCC1C.ON=C1CCCCC1. The molecule has 0 radical (unpaired) electrons. The van der Waals surface area contributed by atoms with Gasteiger partial charge in [0.1, 0.15) is 0 Å². The molecule has 0 spiro atoms. The number of hydrogen-bond donors (Lipinski definition) is 2. The van der Waals surface area contributed by atoms with Crippen molar-refractivity contribution in [2.75, 3.05) is 0 Å². The molecular weight excluding hydrogens is 268 g/mol. The van der Waals surface area contributed by atoms with Crippen LogP contribution in [-0.2, 0) is 0 Å². The largest absolute Gasteiger partial charge is 0.411 e. The third-order valence-corrected chi connectivity index (χ3v) is 6.78. The molecular formula is C15H28N2O2Si. The van der Waals surface area contributed by atoms with Gasteiger partial charge in [0.05, 0.1) is 11.4 Å². The minimum Gasteiger partial charge on any atom is -0.411 e. The lowest BCUT2D eigenvalue weighted by Gasteiger charge is -2.37. The van der Waals surface area contributed by atoms with E-state index in [9.17, 15) is 0 Å². The lowest BCUT2D eigenvalue weighted by atomic mass is 9.78. The van der Waals surface area contributed by atoms with Crippen molar-refractivity contribution >= 4 is 21.7 Å². The van der Waals surface area contributed by atoms with Gasteiger partial charge in [0.25, 0.3) is 0 Å². The molecule has 2 unspecified atom stereocenters. The minimum atomic E-state index is 0.0486. The van der Waals surface area contributed by atoms with Crippen LogP contribution in [0.2, 0.25) is 5.04 Å². The number of hydrogen-bond acceptors (Lipinski definition) is 4. The normalized spacial score (nSPS) is 32.4. The van der Waals surface area contributed by atoms with E-state index in [2.05, 4.69) is 23.8 Å². The van der Waals surface area contributed by atoms with Gasteiger partial charge >= 0.3 is 0 Å². The maximum atomic E-state index is 8.84. The fraction of sp³-hybridized carbons (Fsp3) is 0.733. The van der Waals surface area contributed by atoms with Gasteiger partial charge in [-0.1, -0.05) is 29.7 Å². The van der Waals surface area contributed by atoms with Crippen molar-refractivity contribution in [2.24, 2.45) is 16.2 Å². The first kappa shape index (κ1) is 16.9. The zero-order valence-electron chi connectivity index (χ0n) is 12.8. The van der Waals surface area contributed by atoms with E-state index in [0.29, 0.717) is 5.92 Å². The Morgan fingerprint density at radius 1 is 1.15 bits per heavy atom. The summed E-state index contributed by atoms with van der Waals surface area (Å²) in [6.07, 6.45) is 11.0. The summed E-state index contributed by atoms with van der Waals surface area (Å²) in [4.78, 5) is 0. The molecule has 0 heterocycles. The van der Waals surface area contributed by atoms with Crippen LogP contribution in [0.25, 0.3) is 0 Å². The second kappa shape index (κ2) is 8.24. The Bertz CT molecular complexity index is 374. The highest BCUT2D eigenvalue weighted by Crippen LogP contribution is 2.43. The first-order valence-electron chi connectivity index (χ1n) is 7.63. The van der Waals surface area contributed by atoms with Gasteiger partial charge in [0, 0.05) is 15.3 Å². The average Bonchev–Trinajstić information content (AvgIpc) is 2.51. The predicted octanol–water partition coefficient (Wildman–Crippen LogP) is 3.13. The lowest BCUT2D eigenvalue weighted by Crippen LogP contribution is -2.33. The molecule has 2 rings (SSSR count). The van der Waals surface area contributed by atoms with Crippen LogP contribution in [-0.4, -0.2) is 32.1 Å². The molecule has 2 atom stereocenters. The zero-order chi connectivity index (χ0) is 15.0. The monoisotopic (exact) mass is 296 g/mol. The summed E-state index contributed by atoms with van der Waals surface area (Å²) in [5.74, 6) is 0.598. The molecule has 20 heavy (non-hydrogen) atoms. The number of nitrogens with zero attached hydrogens (tertiary/aromatic N) is 2. The molecule has 0 amide bonds. The van der Waals surface area contributed by atoms with Gasteiger partial charge in [0.2, 0.25) is 0 Å². The topological polar surface area (TPSA) is 65.2 Å². The third-order valence-electron chi connectivity index (χ3n) is 4.81. The van der Waals surface area contributed by atoms with Gasteiger partial charge in [-0.25, -0.2) is 0 Å². The van der Waals surface area contributed by atoms with Gasteiger partial charge in [-0.3, -0.25) is 0 Å². The maximum absolute atomic E-state index is 8.84. The van der Waals surface area contributed by atoms with Crippen molar-refractivity contribution in [3.8, 4) is 0 Å². The number of rotatable bonds is 1. The van der Waals surface area contributed by atoms with Crippen molar-refractivity contribution in [1.82, 2.24) is 0 Å². The molecule has 2 aliphatic rings. The van der Waals surface area contributed by atoms with E-state index in [4.69, 9.17) is 10.4 Å². The predicted molar refractivity (Wildman–Crippen MR) is 87.4 cm³/mol. The van der Waals surface area contributed by atoms with Gasteiger partial charge in [-0.05, 0) is 50.9 Å². The van der Waals surface area contributed by atoms with Crippen LogP contribution in [0.1, 0.15) is 58.3 Å². The van der Waals surface area contributed by atoms with Crippen molar-refractivity contribution in [2.45, 2.75) is 63.3 Å². The summed E-state index contributed by atoms with van der Waals surface area (Å²) in [6.45, 7) is 6.07. The zero-order valence-corrected chi connectivity index (χ0v) is 14.8. The first-order chi connectivity index (χ1) is 9.58. The fourth-order valence-electron chi connectivity index (χ4n) is 2.97. The summed E-state index contributed by atoms with van der Waals surface area (Å²) in [5.41, 5.74) is 1.93. The summed E-state index contributed by atoms with van der Waals surface area (Å²) in [5, 5.41) is 23.7. The Hall–Kier alpha value is -1.10. The van der Waals surface area contributed by atoms with Crippen LogP contribution in [0.3, 0.4) is 0 Å². The number of allylic oxidation sites excluding steroid dienone is 1. The molecule has 0 saturated heterocycles. The second-order valence-electron chi connectivity index (χ2n) is 6.05. The van der Waals surface area contributed by atoms with Crippen molar-refractivity contribution in [3.63, 3.8) is 0 Å². The highest BCUT2D eigenvalue weighted by molar-refractivity contribution is 6.31. The highest BCUT2D eigenvalue weighted by atomic mass is 28.1. The van der Waals surface area contributed by atoms with Crippen LogP contribution in [0.4, 0.5) is 0 Å². The summed E-state index contributed by atoms with van der Waals surface area (Å²) in [6, 6.07) is 0. The Balaban J connectivity index is 0.000000217. The summed E-state index contributed by atoms with van der Waals surface area (Å²) in [7, 11) is 0.998. The molecule has 0 aromatic heterocycles. The molecule has 4 nitrogen and oxygen atoms in total. The molecule has 0 aliphatic heterocycles. The van der Waals surface area contributed by atoms with E-state index in [-0.39, 0.29) is 5.04 Å². The molecule has 114 valence electrons. The van der Waals surface area contributed by atoms with E-state index >= 15 is 0 Å². The molecule has 2 fully saturated rings. The molecule has 5 heteroatoms. The van der Waals surface area contributed by atoms with E-state index < -0.39 is 0 Å². The van der Waals surface area contributed by atoms with Crippen LogP contribution < -0.4 is 0 Å². The molecule has 2 N–H and O–H groups in total. The molecule has 0 bridgehead atoms. The van der Waals surface area contributed by atoms with Gasteiger partial charge < -0.3 is 10.4 Å². The van der Waals surface area contributed by atoms with Gasteiger partial charge in [-0.2, -0.15) is 0 Å². The van der Waals surface area contributed by atoms with Crippen molar-refractivity contribution in [3.05, 3.63) is 12.7 Å². The Labute approximate surface area is 125 Å². The Kier molecular flexibility index (Phi) is 6.99. The first-order valence-corrected chi connectivity index (χ1v) is 8.63. The van der Waals surface area contributed by atoms with Gasteiger partial charge in [-0.15, -0.1) is 6.58 Å². The van der Waals surface area contributed by atoms with Crippen LogP contribution >= 0.6 is 0 Å². The standard InChI is InChI=1S/C9H17NOSi.C6H11NO/c1-3-9(12)7(2)5-4-6-8(9)10-11;8-7-6-4-2-1-3-5-6/h3,7,11H,1,4-6H2,2,12H3;8H,1-5H2. The van der Waals surface area contributed by atoms with Gasteiger partial charge in [0.15, 0.2) is 0 Å². The summed E-state index contributed by atoms with van der Waals surface area (Å²) < 4.78 is 0. The van der Waals surface area contributed by atoms with Crippen molar-refractivity contribution < 1.29 is 10.4 Å². The summed E-state index contributed by atoms with van der Waals surface area (Å²) >= 11 is 0. The third kappa shape index (κ3) is 4.20. The number of oxime groups is 2. The van der Waals surface area contributed by atoms with Crippen molar-refractivity contribution in [1.29, 1.82) is 0 Å². The Morgan fingerprint density at radius 2 is 1.80 bits per heavy atom. The molecule has 2 aliphatic carbocycles. The second-order valence-corrected chi connectivity index (χ2v) is 7.71. The van der Waals surface area contributed by atoms with E-state index in [1.807, 2.05) is 6.08 Å². The maximum Gasteiger partial charge on any atom is 0.0634 e.